The van der Waals surface area contributed by atoms with Gasteiger partial charge in [0.25, 0.3) is 5.56 Å². The largest absolute Gasteiger partial charge is 0.339 e. The average Bonchev–Trinajstić information content (AvgIpc) is 3.11. The number of nitrogens with zero attached hydrogens (tertiary/aromatic N) is 4. The monoisotopic (exact) mass is 396 g/mol. The highest BCUT2D eigenvalue weighted by Crippen LogP contribution is 2.22. The fourth-order valence-corrected chi connectivity index (χ4v) is 4.58. The number of fused-ring (bicyclic) bond motifs is 1. The van der Waals surface area contributed by atoms with E-state index in [9.17, 15) is 9.59 Å². The first-order valence-corrected chi connectivity index (χ1v) is 10.4. The Kier molecular flexibility index (Phi) is 5.28. The van der Waals surface area contributed by atoms with E-state index in [1.54, 1.807) is 0 Å². The van der Waals surface area contributed by atoms with Gasteiger partial charge >= 0.3 is 0 Å². The molecule has 146 valence electrons. The molecule has 1 aliphatic rings. The fourth-order valence-electron chi connectivity index (χ4n) is 3.74. The smallest absolute Gasteiger partial charge is 0.262 e. The Bertz CT molecular complexity index is 1040. The van der Waals surface area contributed by atoms with Crippen LogP contribution >= 0.6 is 11.3 Å². The van der Waals surface area contributed by atoms with Crippen molar-refractivity contribution in [2.75, 3.05) is 26.2 Å². The van der Waals surface area contributed by atoms with Gasteiger partial charge < -0.3 is 4.90 Å². The first kappa shape index (κ1) is 18.8. The molecule has 1 aromatic carbocycles. The average molecular weight is 397 g/mol. The first-order chi connectivity index (χ1) is 13.5. The van der Waals surface area contributed by atoms with Crippen molar-refractivity contribution in [3.63, 3.8) is 0 Å². The lowest BCUT2D eigenvalue weighted by Crippen LogP contribution is -2.50. The van der Waals surface area contributed by atoms with Gasteiger partial charge in [-0.1, -0.05) is 30.3 Å². The molecule has 0 saturated carbocycles. The lowest BCUT2D eigenvalue weighted by Gasteiger charge is -2.38. The van der Waals surface area contributed by atoms with Crippen LogP contribution in [0.2, 0.25) is 0 Å². The van der Waals surface area contributed by atoms with E-state index in [0.717, 1.165) is 22.8 Å². The van der Waals surface area contributed by atoms with Crippen LogP contribution in [-0.2, 0) is 11.3 Å². The summed E-state index contributed by atoms with van der Waals surface area (Å²) in [5, 5.41) is 0.597. The predicted molar refractivity (Wildman–Crippen MR) is 112 cm³/mol. The lowest BCUT2D eigenvalue weighted by molar-refractivity contribution is -0.134. The maximum absolute atomic E-state index is 12.7. The zero-order chi connectivity index (χ0) is 19.7. The number of amides is 1. The Morgan fingerprint density at radius 2 is 1.89 bits per heavy atom. The number of rotatable bonds is 4. The molecule has 0 unspecified atom stereocenters. The highest BCUT2D eigenvalue weighted by atomic mass is 32.1. The minimum atomic E-state index is -0.140. The van der Waals surface area contributed by atoms with Crippen LogP contribution in [0.1, 0.15) is 23.4 Å². The minimum Gasteiger partial charge on any atom is -0.339 e. The van der Waals surface area contributed by atoms with Crippen LogP contribution in [-0.4, -0.2) is 51.4 Å². The molecule has 3 heterocycles. The van der Waals surface area contributed by atoms with E-state index < -0.39 is 0 Å². The summed E-state index contributed by atoms with van der Waals surface area (Å²) in [5.74, 6) is -0.0257. The molecular formula is C21H24N4O2S. The molecule has 0 spiro atoms. The zero-order valence-corrected chi connectivity index (χ0v) is 17.0. The van der Waals surface area contributed by atoms with Crippen molar-refractivity contribution in [2.24, 2.45) is 0 Å². The number of thiophene rings is 1. The second kappa shape index (κ2) is 7.85. The Morgan fingerprint density at radius 3 is 2.61 bits per heavy atom. The van der Waals surface area contributed by atoms with Crippen LogP contribution in [0.25, 0.3) is 10.2 Å². The predicted octanol–water partition coefficient (Wildman–Crippen LogP) is 2.67. The van der Waals surface area contributed by atoms with Crippen molar-refractivity contribution in [1.82, 2.24) is 19.4 Å². The van der Waals surface area contributed by atoms with Crippen LogP contribution < -0.4 is 5.56 Å². The number of carbonyl (C=O) groups excluding carboxylic acids is 1. The van der Waals surface area contributed by atoms with Crippen molar-refractivity contribution in [3.05, 3.63) is 63.5 Å². The molecule has 0 N–H and O–H groups in total. The van der Waals surface area contributed by atoms with Crippen LogP contribution in [0.5, 0.6) is 0 Å². The molecule has 3 aromatic rings. The second-order valence-electron chi connectivity index (χ2n) is 7.26. The summed E-state index contributed by atoms with van der Waals surface area (Å²) in [5.41, 5.74) is 1.15. The molecule has 1 fully saturated rings. The zero-order valence-electron chi connectivity index (χ0n) is 16.2. The molecule has 1 saturated heterocycles. The van der Waals surface area contributed by atoms with Crippen LogP contribution in [0, 0.1) is 6.92 Å². The summed E-state index contributed by atoms with van der Waals surface area (Å²) >= 11 is 1.50. The van der Waals surface area contributed by atoms with E-state index >= 15 is 0 Å². The molecule has 4 rings (SSSR count). The van der Waals surface area contributed by atoms with Gasteiger partial charge in [0, 0.05) is 37.1 Å². The highest BCUT2D eigenvalue weighted by molar-refractivity contribution is 7.18. The lowest BCUT2D eigenvalue weighted by atomic mass is 10.1. The Labute approximate surface area is 168 Å². The minimum absolute atomic E-state index is 0.0257. The van der Waals surface area contributed by atoms with E-state index in [1.165, 1.54) is 27.8 Å². The fraction of sp³-hybridized carbons (Fsp3) is 0.381. The summed E-state index contributed by atoms with van der Waals surface area (Å²) in [6.45, 7) is 7.23. The molecule has 2 aromatic heterocycles. The van der Waals surface area contributed by atoms with Gasteiger partial charge in [0.1, 0.15) is 11.4 Å². The number of carbonyl (C=O) groups is 1. The number of benzene rings is 1. The quantitative estimate of drug-likeness (QED) is 0.680. The summed E-state index contributed by atoms with van der Waals surface area (Å²) in [4.78, 5) is 35.7. The van der Waals surface area contributed by atoms with Crippen molar-refractivity contribution >= 4 is 27.5 Å². The standard InChI is InChI=1S/C21H24N4O2S/c1-15-12-18-20(28-15)22-14-25(21(18)27)13-19(26)24-10-8-23(9-11-24)16(2)17-6-4-3-5-7-17/h3-7,12,14,16H,8-11,13H2,1-2H3/t16-/m1/s1. The third-order valence-corrected chi connectivity index (χ3v) is 6.40. The van der Waals surface area contributed by atoms with Gasteiger partial charge in [-0.2, -0.15) is 0 Å². The molecule has 1 atom stereocenters. The van der Waals surface area contributed by atoms with E-state index in [4.69, 9.17) is 0 Å². The topological polar surface area (TPSA) is 58.4 Å². The van der Waals surface area contributed by atoms with Crippen molar-refractivity contribution in [2.45, 2.75) is 26.4 Å². The van der Waals surface area contributed by atoms with Crippen LogP contribution in [0.15, 0.2) is 47.5 Å². The van der Waals surface area contributed by atoms with Gasteiger partial charge in [-0.05, 0) is 25.5 Å². The number of aryl methyl sites for hydroxylation is 1. The molecule has 7 heteroatoms. The molecule has 6 nitrogen and oxygen atoms in total. The molecule has 0 aliphatic carbocycles. The van der Waals surface area contributed by atoms with Gasteiger partial charge in [-0.3, -0.25) is 19.1 Å². The summed E-state index contributed by atoms with van der Waals surface area (Å²) < 4.78 is 1.43. The molecule has 1 amide bonds. The Balaban J connectivity index is 1.39. The van der Waals surface area contributed by atoms with Crippen molar-refractivity contribution in [3.8, 4) is 0 Å². The molecule has 0 bridgehead atoms. The number of hydrogen-bond acceptors (Lipinski definition) is 5. The van der Waals surface area contributed by atoms with E-state index in [2.05, 4.69) is 41.1 Å². The molecule has 1 aliphatic heterocycles. The van der Waals surface area contributed by atoms with Gasteiger partial charge in [0.2, 0.25) is 5.91 Å². The molecule has 0 radical (unpaired) electrons. The van der Waals surface area contributed by atoms with Crippen molar-refractivity contribution in [1.29, 1.82) is 0 Å². The van der Waals surface area contributed by atoms with Crippen molar-refractivity contribution < 1.29 is 4.79 Å². The number of hydrogen-bond donors (Lipinski definition) is 0. The number of aromatic nitrogens is 2. The van der Waals surface area contributed by atoms with E-state index in [-0.39, 0.29) is 18.0 Å². The SMILES string of the molecule is Cc1cc2c(=O)n(CC(=O)N3CCN([C@H](C)c4ccccc4)CC3)cnc2s1. The summed E-state index contributed by atoms with van der Waals surface area (Å²) in [6.07, 6.45) is 1.49. The first-order valence-electron chi connectivity index (χ1n) is 9.55. The van der Waals surface area contributed by atoms with Crippen LogP contribution in [0.4, 0.5) is 0 Å². The van der Waals surface area contributed by atoms with Gasteiger partial charge in [-0.25, -0.2) is 4.98 Å². The number of piperazine rings is 1. The normalized spacial score (nSPS) is 16.4. The van der Waals surface area contributed by atoms with Gasteiger partial charge in [0.05, 0.1) is 11.7 Å². The summed E-state index contributed by atoms with van der Waals surface area (Å²) in [7, 11) is 0. The van der Waals surface area contributed by atoms with E-state index in [1.807, 2.05) is 24.0 Å². The summed E-state index contributed by atoms with van der Waals surface area (Å²) in [6, 6.07) is 12.6. The van der Waals surface area contributed by atoms with Crippen LogP contribution in [0.3, 0.4) is 0 Å². The third kappa shape index (κ3) is 3.72. The third-order valence-electron chi connectivity index (χ3n) is 5.44. The van der Waals surface area contributed by atoms with Gasteiger partial charge in [-0.15, -0.1) is 11.3 Å². The molecule has 28 heavy (non-hydrogen) atoms. The second-order valence-corrected chi connectivity index (χ2v) is 8.49. The molecular weight excluding hydrogens is 372 g/mol. The Hall–Kier alpha value is -2.51. The Morgan fingerprint density at radius 1 is 1.18 bits per heavy atom. The highest BCUT2D eigenvalue weighted by Gasteiger charge is 2.25. The maximum atomic E-state index is 12.7. The van der Waals surface area contributed by atoms with Gasteiger partial charge in [0.15, 0.2) is 0 Å². The van der Waals surface area contributed by atoms with E-state index in [0.29, 0.717) is 24.5 Å². The maximum Gasteiger partial charge on any atom is 0.262 e.